The maximum atomic E-state index is 13.0. The molecule has 0 aromatic heterocycles. The van der Waals surface area contributed by atoms with Crippen LogP contribution in [-0.4, -0.2) is 17.6 Å². The number of anilines is 1. The first-order valence-corrected chi connectivity index (χ1v) is 6.13. The van der Waals surface area contributed by atoms with Crippen molar-refractivity contribution in [2.24, 2.45) is 0 Å². The van der Waals surface area contributed by atoms with E-state index in [2.05, 4.69) is 5.32 Å². The molecule has 20 heavy (non-hydrogen) atoms. The van der Waals surface area contributed by atoms with Crippen LogP contribution in [0.1, 0.15) is 22.0 Å². The van der Waals surface area contributed by atoms with E-state index in [4.69, 9.17) is 5.73 Å². The molecule has 0 saturated heterocycles. The predicted molar refractivity (Wildman–Crippen MR) is 74.5 cm³/mol. The van der Waals surface area contributed by atoms with Crippen molar-refractivity contribution in [3.63, 3.8) is 0 Å². The van der Waals surface area contributed by atoms with Crippen molar-refractivity contribution in [1.29, 1.82) is 0 Å². The van der Waals surface area contributed by atoms with Gasteiger partial charge in [0.2, 0.25) is 0 Å². The van der Waals surface area contributed by atoms with Crippen LogP contribution in [0.5, 0.6) is 0 Å². The van der Waals surface area contributed by atoms with Crippen molar-refractivity contribution in [3.05, 3.63) is 65.5 Å². The summed E-state index contributed by atoms with van der Waals surface area (Å²) in [5, 5.41) is 12.1. The molecule has 4 N–H and O–H groups in total. The Morgan fingerprint density at radius 1 is 1.25 bits per heavy atom. The number of amides is 1. The van der Waals surface area contributed by atoms with Gasteiger partial charge in [0, 0.05) is 5.69 Å². The highest BCUT2D eigenvalue weighted by Crippen LogP contribution is 2.16. The normalized spacial score (nSPS) is 11.9. The predicted octanol–water partition coefficient (Wildman–Crippen LogP) is 1.87. The summed E-state index contributed by atoms with van der Waals surface area (Å²) in [4.78, 5) is 12.1. The summed E-state index contributed by atoms with van der Waals surface area (Å²) in [6, 6.07) is 12.1. The molecule has 0 aliphatic rings. The molecule has 104 valence electrons. The van der Waals surface area contributed by atoms with Crippen LogP contribution in [0.25, 0.3) is 0 Å². The minimum Gasteiger partial charge on any atom is -0.398 e. The van der Waals surface area contributed by atoms with Gasteiger partial charge in [-0.1, -0.05) is 30.3 Å². The lowest BCUT2D eigenvalue weighted by Crippen LogP contribution is -2.31. The number of halogens is 1. The number of carbonyl (C=O) groups is 1. The number of aliphatic hydroxyl groups excluding tert-OH is 1. The van der Waals surface area contributed by atoms with Gasteiger partial charge in [0.1, 0.15) is 5.82 Å². The smallest absolute Gasteiger partial charge is 0.253 e. The average Bonchev–Trinajstić information content (AvgIpc) is 2.45. The van der Waals surface area contributed by atoms with Gasteiger partial charge in [0.25, 0.3) is 5.91 Å². The van der Waals surface area contributed by atoms with E-state index in [0.717, 1.165) is 11.6 Å². The molecule has 0 radical (unpaired) electrons. The van der Waals surface area contributed by atoms with E-state index in [1.165, 1.54) is 12.1 Å². The first-order valence-electron chi connectivity index (χ1n) is 6.13. The summed E-state index contributed by atoms with van der Waals surface area (Å²) < 4.78 is 13.0. The lowest BCUT2D eigenvalue weighted by molar-refractivity contribution is 0.0917. The van der Waals surface area contributed by atoms with Crippen molar-refractivity contribution in [2.75, 3.05) is 12.3 Å². The zero-order valence-corrected chi connectivity index (χ0v) is 10.7. The third kappa shape index (κ3) is 3.13. The average molecular weight is 274 g/mol. The Kier molecular flexibility index (Phi) is 4.32. The molecule has 0 aliphatic carbocycles. The lowest BCUT2D eigenvalue weighted by Gasteiger charge is -2.17. The number of carbonyl (C=O) groups excluding carboxylic acids is 1. The van der Waals surface area contributed by atoms with Gasteiger partial charge in [-0.15, -0.1) is 0 Å². The van der Waals surface area contributed by atoms with E-state index in [1.54, 1.807) is 12.1 Å². The van der Waals surface area contributed by atoms with Gasteiger partial charge in [-0.25, -0.2) is 4.39 Å². The second-order valence-corrected chi connectivity index (χ2v) is 4.35. The Labute approximate surface area is 116 Å². The maximum Gasteiger partial charge on any atom is 0.253 e. The number of nitrogen functional groups attached to an aromatic ring is 1. The SMILES string of the molecule is Nc1cc(F)ccc1C(=O)N[C@@H](CO)c1ccccc1. The Morgan fingerprint density at radius 3 is 2.55 bits per heavy atom. The summed E-state index contributed by atoms with van der Waals surface area (Å²) in [6.45, 7) is -0.239. The number of aliphatic hydroxyl groups is 1. The molecular weight excluding hydrogens is 259 g/mol. The number of hydrogen-bond donors (Lipinski definition) is 3. The molecule has 1 amide bonds. The Bertz CT molecular complexity index is 602. The van der Waals surface area contributed by atoms with Gasteiger partial charge in [0.15, 0.2) is 0 Å². The molecule has 0 fully saturated rings. The second kappa shape index (κ2) is 6.16. The Hall–Kier alpha value is -2.40. The fourth-order valence-electron chi connectivity index (χ4n) is 1.90. The molecule has 0 aliphatic heterocycles. The van der Waals surface area contributed by atoms with Gasteiger partial charge < -0.3 is 16.2 Å². The second-order valence-electron chi connectivity index (χ2n) is 4.35. The molecule has 2 aromatic rings. The summed E-state index contributed by atoms with van der Waals surface area (Å²) in [5.74, 6) is -0.953. The third-order valence-corrected chi connectivity index (χ3v) is 2.95. The van der Waals surface area contributed by atoms with Crippen LogP contribution in [0.15, 0.2) is 48.5 Å². The molecule has 0 unspecified atom stereocenters. The van der Waals surface area contributed by atoms with Crippen molar-refractivity contribution in [2.45, 2.75) is 6.04 Å². The van der Waals surface area contributed by atoms with Crippen molar-refractivity contribution in [3.8, 4) is 0 Å². The zero-order chi connectivity index (χ0) is 14.5. The molecule has 1 atom stereocenters. The molecule has 4 nitrogen and oxygen atoms in total. The minimum absolute atomic E-state index is 0.0623. The van der Waals surface area contributed by atoms with Crippen LogP contribution in [-0.2, 0) is 0 Å². The zero-order valence-electron chi connectivity index (χ0n) is 10.7. The summed E-state index contributed by atoms with van der Waals surface area (Å²) >= 11 is 0. The molecule has 2 rings (SSSR count). The van der Waals surface area contributed by atoms with E-state index < -0.39 is 17.8 Å². The first-order chi connectivity index (χ1) is 9.61. The third-order valence-electron chi connectivity index (χ3n) is 2.95. The van der Waals surface area contributed by atoms with Gasteiger partial charge in [-0.3, -0.25) is 4.79 Å². The molecular formula is C15H15FN2O2. The summed E-state index contributed by atoms with van der Waals surface area (Å²) in [5.41, 5.74) is 6.64. The highest BCUT2D eigenvalue weighted by atomic mass is 19.1. The van der Waals surface area contributed by atoms with Crippen LogP contribution < -0.4 is 11.1 Å². The number of hydrogen-bond acceptors (Lipinski definition) is 3. The van der Waals surface area contributed by atoms with Crippen LogP contribution in [0.3, 0.4) is 0 Å². The Morgan fingerprint density at radius 2 is 1.95 bits per heavy atom. The van der Waals surface area contributed by atoms with E-state index in [1.807, 2.05) is 18.2 Å². The number of nitrogens with one attached hydrogen (secondary N) is 1. The molecule has 0 saturated carbocycles. The van der Waals surface area contributed by atoms with Crippen LogP contribution in [0.4, 0.5) is 10.1 Å². The van der Waals surface area contributed by atoms with Crippen LogP contribution in [0, 0.1) is 5.82 Å². The first kappa shape index (κ1) is 14.0. The van der Waals surface area contributed by atoms with Crippen molar-refractivity contribution >= 4 is 11.6 Å². The maximum absolute atomic E-state index is 13.0. The Balaban J connectivity index is 2.17. The van der Waals surface area contributed by atoms with E-state index in [0.29, 0.717) is 0 Å². The molecule has 5 heteroatoms. The van der Waals surface area contributed by atoms with E-state index in [-0.39, 0.29) is 17.9 Å². The molecule has 0 spiro atoms. The van der Waals surface area contributed by atoms with Gasteiger partial charge >= 0.3 is 0 Å². The molecule has 0 heterocycles. The number of nitrogens with two attached hydrogens (primary N) is 1. The fraction of sp³-hybridized carbons (Fsp3) is 0.133. The topological polar surface area (TPSA) is 75.4 Å². The quantitative estimate of drug-likeness (QED) is 0.745. The lowest BCUT2D eigenvalue weighted by atomic mass is 10.1. The van der Waals surface area contributed by atoms with Gasteiger partial charge in [0.05, 0.1) is 18.2 Å². The van der Waals surface area contributed by atoms with Crippen molar-refractivity contribution in [1.82, 2.24) is 5.32 Å². The highest BCUT2D eigenvalue weighted by molar-refractivity contribution is 5.99. The standard InChI is InChI=1S/C15H15FN2O2/c16-11-6-7-12(13(17)8-11)15(20)18-14(9-19)10-4-2-1-3-5-10/h1-8,14,19H,9,17H2,(H,18,20)/t14-/m0/s1. The largest absolute Gasteiger partial charge is 0.398 e. The van der Waals surface area contributed by atoms with Gasteiger partial charge in [-0.05, 0) is 23.8 Å². The summed E-state index contributed by atoms with van der Waals surface area (Å²) in [7, 11) is 0. The molecule has 2 aromatic carbocycles. The van der Waals surface area contributed by atoms with Crippen molar-refractivity contribution < 1.29 is 14.3 Å². The molecule has 0 bridgehead atoms. The van der Waals surface area contributed by atoms with E-state index >= 15 is 0 Å². The van der Waals surface area contributed by atoms with Crippen LogP contribution >= 0.6 is 0 Å². The highest BCUT2D eigenvalue weighted by Gasteiger charge is 2.16. The minimum atomic E-state index is -0.534. The van der Waals surface area contributed by atoms with Gasteiger partial charge in [-0.2, -0.15) is 0 Å². The van der Waals surface area contributed by atoms with E-state index in [9.17, 15) is 14.3 Å². The number of rotatable bonds is 4. The monoisotopic (exact) mass is 274 g/mol. The summed E-state index contributed by atoms with van der Waals surface area (Å²) in [6.07, 6.45) is 0. The number of benzene rings is 2. The van der Waals surface area contributed by atoms with Crippen LogP contribution in [0.2, 0.25) is 0 Å². The fourth-order valence-corrected chi connectivity index (χ4v) is 1.90.